The zero-order valence-corrected chi connectivity index (χ0v) is 24.6. The molecule has 0 radical (unpaired) electrons. The van der Waals surface area contributed by atoms with Gasteiger partial charge in [-0.1, -0.05) is 24.3 Å². The molecule has 1 atom stereocenters. The molecule has 0 amide bonds. The van der Waals surface area contributed by atoms with Gasteiger partial charge in [-0.25, -0.2) is 0 Å². The van der Waals surface area contributed by atoms with Crippen LogP contribution >= 0.6 is 0 Å². The number of quaternary nitrogens is 3. The van der Waals surface area contributed by atoms with Gasteiger partial charge in [-0.2, -0.15) is 0 Å². The van der Waals surface area contributed by atoms with Crippen molar-refractivity contribution < 1.29 is 83.0 Å². The van der Waals surface area contributed by atoms with Crippen LogP contribution in [-0.4, -0.2) is 58.1 Å². The van der Waals surface area contributed by atoms with Gasteiger partial charge in [-0.05, 0) is 54.5 Å². The second-order valence-corrected chi connectivity index (χ2v) is 7.92. The minimum atomic E-state index is -0.819. The van der Waals surface area contributed by atoms with Crippen molar-refractivity contribution in [3.63, 3.8) is 0 Å². The Bertz CT molecular complexity index is 1080. The minimum Gasteiger partial charge on any atom is -1.00 e. The Morgan fingerprint density at radius 3 is 1.49 bits per heavy atom. The van der Waals surface area contributed by atoms with E-state index in [1.165, 1.54) is 12.2 Å². The van der Waals surface area contributed by atoms with E-state index in [1.54, 1.807) is 50.5 Å². The Balaban J connectivity index is 0. The van der Waals surface area contributed by atoms with Gasteiger partial charge >= 0.3 is 0 Å². The van der Waals surface area contributed by atoms with E-state index in [4.69, 9.17) is 18.9 Å². The quantitative estimate of drug-likeness (QED) is 0.127. The first-order chi connectivity index (χ1) is 17.4. The van der Waals surface area contributed by atoms with Crippen LogP contribution in [0.5, 0.6) is 23.0 Å². The smallest absolute Gasteiger partial charge is 0.166 e. The lowest BCUT2D eigenvalue weighted by molar-refractivity contribution is -0.372. The van der Waals surface area contributed by atoms with Crippen LogP contribution < -0.4 is 73.4 Å². The molecular formula is C27H38Cl3N3O6. The molecule has 0 fully saturated rings. The number of methoxy groups -OCH3 is 1. The lowest BCUT2D eigenvalue weighted by atomic mass is 9.99. The Morgan fingerprint density at radius 2 is 1.08 bits per heavy atom. The van der Waals surface area contributed by atoms with Crippen molar-refractivity contribution in [2.45, 2.75) is 6.92 Å². The minimum absolute atomic E-state index is 0. The number of benzene rings is 2. The third kappa shape index (κ3) is 12.7. The number of ketones is 2. The second kappa shape index (κ2) is 21.1. The van der Waals surface area contributed by atoms with E-state index in [9.17, 15) is 9.59 Å². The van der Waals surface area contributed by atoms with Crippen LogP contribution in [0.4, 0.5) is 0 Å². The molecule has 1 unspecified atom stereocenters. The van der Waals surface area contributed by atoms with Crippen LogP contribution in [0.3, 0.4) is 0 Å². The molecule has 0 aliphatic heterocycles. The molecule has 0 spiro atoms. The first kappa shape index (κ1) is 38.4. The number of ether oxygens (including phenoxy) is 4. The molecule has 0 aromatic heterocycles. The van der Waals surface area contributed by atoms with Crippen molar-refractivity contribution in [2.75, 3.05) is 46.6 Å². The fraction of sp³-hybridized carbons (Fsp3) is 0.333. The molecule has 2 rings (SSSR count). The molecule has 2 aromatic carbocycles. The van der Waals surface area contributed by atoms with Gasteiger partial charge < -0.3 is 73.4 Å². The van der Waals surface area contributed by atoms with Crippen molar-refractivity contribution in [1.29, 1.82) is 0 Å². The molecule has 0 heterocycles. The highest BCUT2D eigenvalue weighted by atomic mass is 35.5. The number of hydrogen-bond donors (Lipinski definition) is 3. The Hall–Kier alpha value is -2.79. The Kier molecular flexibility index (Phi) is 20.7. The number of rotatable bonds is 16. The largest absolute Gasteiger partial charge is 1.00 e. The van der Waals surface area contributed by atoms with E-state index in [-0.39, 0.29) is 48.8 Å². The summed E-state index contributed by atoms with van der Waals surface area (Å²) in [6.45, 7) is 4.88. The molecule has 0 aliphatic rings. The Labute approximate surface area is 248 Å². The molecule has 0 bridgehead atoms. The molecule has 0 saturated heterocycles. The van der Waals surface area contributed by atoms with Crippen LogP contribution in [0.1, 0.15) is 18.1 Å². The fourth-order valence-electron chi connectivity index (χ4n) is 3.10. The van der Waals surface area contributed by atoms with Gasteiger partial charge in [-0.15, -0.1) is 0 Å². The zero-order chi connectivity index (χ0) is 26.3. The highest BCUT2D eigenvalue weighted by Crippen LogP contribution is 2.30. The second-order valence-electron chi connectivity index (χ2n) is 7.92. The number of allylic oxidation sites excluding steroid dienone is 2. The summed E-state index contributed by atoms with van der Waals surface area (Å²) < 4.78 is 22.3. The van der Waals surface area contributed by atoms with Crippen LogP contribution in [0.25, 0.3) is 12.2 Å². The standard InChI is InChI=1S/C27H35N3O6.3ClH/c1-19(22(31)7-3-20-5-9-24(34-14-11-28)26(17-20)33-2)23(32)8-4-21-6-10-25(35-15-12-29)27(18-21)36-16-13-30;;;/h3-10,17-19H,11-16,28-30H2,1-2H3;3*1H/b7-3+,8-4+;;;. The van der Waals surface area contributed by atoms with Crippen molar-refractivity contribution in [3.8, 4) is 23.0 Å². The molecule has 9 N–H and O–H groups in total. The number of hydrogen-bond acceptors (Lipinski definition) is 6. The van der Waals surface area contributed by atoms with Gasteiger partial charge in [0.1, 0.15) is 39.5 Å². The van der Waals surface area contributed by atoms with Gasteiger partial charge in [0.15, 0.2) is 34.6 Å². The molecule has 218 valence electrons. The molecule has 2 aromatic rings. The van der Waals surface area contributed by atoms with Gasteiger partial charge in [0.25, 0.3) is 0 Å². The molecule has 12 heteroatoms. The van der Waals surface area contributed by atoms with Crippen molar-refractivity contribution >= 4 is 23.7 Å². The first-order valence-electron chi connectivity index (χ1n) is 12.0. The fourth-order valence-corrected chi connectivity index (χ4v) is 3.10. The van der Waals surface area contributed by atoms with Crippen molar-refractivity contribution in [3.05, 3.63) is 59.7 Å². The van der Waals surface area contributed by atoms with Crippen molar-refractivity contribution in [2.24, 2.45) is 5.92 Å². The average molecular weight is 607 g/mol. The van der Waals surface area contributed by atoms with E-state index < -0.39 is 5.92 Å². The maximum atomic E-state index is 12.6. The topological polar surface area (TPSA) is 154 Å². The number of carbonyl (C=O) groups is 2. The predicted molar refractivity (Wildman–Crippen MR) is 136 cm³/mol. The molecule has 0 saturated carbocycles. The summed E-state index contributed by atoms with van der Waals surface area (Å²) in [6.07, 6.45) is 6.12. The summed E-state index contributed by atoms with van der Waals surface area (Å²) in [4.78, 5) is 25.2. The van der Waals surface area contributed by atoms with E-state index in [2.05, 4.69) is 17.2 Å². The summed E-state index contributed by atoms with van der Waals surface area (Å²) >= 11 is 0. The van der Waals surface area contributed by atoms with Gasteiger partial charge in [0.2, 0.25) is 0 Å². The predicted octanol–water partition coefficient (Wildman–Crippen LogP) is -8.93. The highest BCUT2D eigenvalue weighted by Gasteiger charge is 2.17. The van der Waals surface area contributed by atoms with Gasteiger partial charge in [-0.3, -0.25) is 9.59 Å². The van der Waals surface area contributed by atoms with E-state index >= 15 is 0 Å². The Morgan fingerprint density at radius 1 is 0.692 bits per heavy atom. The van der Waals surface area contributed by atoms with E-state index in [0.717, 1.165) is 11.1 Å². The van der Waals surface area contributed by atoms with Crippen LogP contribution in [0.15, 0.2) is 48.6 Å². The van der Waals surface area contributed by atoms with Crippen LogP contribution in [0.2, 0.25) is 0 Å². The zero-order valence-electron chi connectivity index (χ0n) is 22.3. The SMILES string of the molecule is COc1cc(/C=C/C(=O)C(C)C(=O)/C=C/c2ccc(OCC[NH3+])c(OCC[NH3+])c2)ccc1OCC[NH3+].[Cl-].[Cl-].[Cl-]. The maximum absolute atomic E-state index is 12.6. The maximum Gasteiger partial charge on any atom is 0.166 e. The van der Waals surface area contributed by atoms with E-state index in [1.807, 2.05) is 12.1 Å². The number of halogens is 3. The number of carbonyl (C=O) groups excluding carboxylic acids is 2. The third-order valence-corrected chi connectivity index (χ3v) is 5.09. The summed E-state index contributed by atoms with van der Waals surface area (Å²) in [6, 6.07) is 10.8. The van der Waals surface area contributed by atoms with Crippen molar-refractivity contribution in [1.82, 2.24) is 0 Å². The molecule has 39 heavy (non-hydrogen) atoms. The summed E-state index contributed by atoms with van der Waals surface area (Å²) in [5.41, 5.74) is 12.8. The summed E-state index contributed by atoms with van der Waals surface area (Å²) in [5, 5.41) is 0. The lowest BCUT2D eigenvalue weighted by Crippen LogP contribution is -3.00. The molecule has 9 nitrogen and oxygen atoms in total. The average Bonchev–Trinajstić information content (AvgIpc) is 2.91. The van der Waals surface area contributed by atoms with Crippen LogP contribution in [0, 0.1) is 5.92 Å². The third-order valence-electron chi connectivity index (χ3n) is 5.09. The lowest BCUT2D eigenvalue weighted by Gasteiger charge is -2.11. The van der Waals surface area contributed by atoms with Gasteiger partial charge in [0, 0.05) is 0 Å². The summed E-state index contributed by atoms with van der Waals surface area (Å²) in [5.74, 6) is 0.955. The monoisotopic (exact) mass is 605 g/mol. The highest BCUT2D eigenvalue weighted by molar-refractivity contribution is 6.13. The molecule has 0 aliphatic carbocycles. The normalized spacial score (nSPS) is 11.1. The molecular weight excluding hydrogens is 569 g/mol. The van der Waals surface area contributed by atoms with E-state index in [0.29, 0.717) is 62.5 Å². The van der Waals surface area contributed by atoms with Crippen LogP contribution in [-0.2, 0) is 9.59 Å². The summed E-state index contributed by atoms with van der Waals surface area (Å²) in [7, 11) is 1.55. The first-order valence-corrected chi connectivity index (χ1v) is 12.0. The van der Waals surface area contributed by atoms with Gasteiger partial charge in [0.05, 0.1) is 13.0 Å².